The number of aryl methyl sites for hydroxylation is 2. The molecule has 1 amide bonds. The SMILES string of the molecule is Cc1ccc(C)c(-n2c(SCC(=O)N[C@](C)(C#N)C(C)C)nnc2-c2ccccc2Cl)c1. The Morgan fingerprint density at radius 1 is 1.25 bits per heavy atom. The number of carbonyl (C=O) groups is 1. The lowest BCUT2D eigenvalue weighted by Gasteiger charge is -2.27. The molecule has 0 spiro atoms. The van der Waals surface area contributed by atoms with E-state index in [4.69, 9.17) is 11.6 Å². The average molecular weight is 468 g/mol. The summed E-state index contributed by atoms with van der Waals surface area (Å²) in [5.74, 6) is 0.459. The van der Waals surface area contributed by atoms with E-state index in [1.807, 2.05) is 68.7 Å². The van der Waals surface area contributed by atoms with Gasteiger partial charge in [-0.1, -0.05) is 61.5 Å². The van der Waals surface area contributed by atoms with Crippen LogP contribution >= 0.6 is 23.4 Å². The Hall–Kier alpha value is -2.82. The predicted molar refractivity (Wildman–Crippen MR) is 129 cm³/mol. The number of nitriles is 1. The quantitative estimate of drug-likeness (QED) is 0.473. The van der Waals surface area contributed by atoms with Crippen LogP contribution in [0.1, 0.15) is 31.9 Å². The fourth-order valence-electron chi connectivity index (χ4n) is 3.12. The van der Waals surface area contributed by atoms with Crippen molar-refractivity contribution in [1.82, 2.24) is 20.1 Å². The molecule has 0 saturated carbocycles. The summed E-state index contributed by atoms with van der Waals surface area (Å²) in [6.45, 7) is 9.59. The molecule has 1 atom stereocenters. The highest BCUT2D eigenvalue weighted by molar-refractivity contribution is 7.99. The Labute approximate surface area is 198 Å². The first-order valence-electron chi connectivity index (χ1n) is 10.3. The van der Waals surface area contributed by atoms with Crippen LogP contribution in [0.25, 0.3) is 17.1 Å². The monoisotopic (exact) mass is 467 g/mol. The van der Waals surface area contributed by atoms with Crippen LogP contribution in [0.2, 0.25) is 5.02 Å². The third-order valence-corrected chi connectivity index (χ3v) is 6.73. The van der Waals surface area contributed by atoms with Gasteiger partial charge in [0.05, 0.1) is 22.5 Å². The number of carbonyl (C=O) groups excluding carboxylic acids is 1. The number of benzene rings is 2. The van der Waals surface area contributed by atoms with Crippen LogP contribution in [0.5, 0.6) is 0 Å². The molecule has 1 N–H and O–H groups in total. The van der Waals surface area contributed by atoms with E-state index in [0.717, 1.165) is 22.4 Å². The first-order chi connectivity index (χ1) is 15.2. The maximum Gasteiger partial charge on any atom is 0.231 e. The minimum atomic E-state index is -0.929. The molecule has 0 saturated heterocycles. The summed E-state index contributed by atoms with van der Waals surface area (Å²) in [6.07, 6.45) is 0. The van der Waals surface area contributed by atoms with Gasteiger partial charge in [-0.25, -0.2) is 0 Å². The second-order valence-electron chi connectivity index (χ2n) is 8.22. The molecule has 0 fully saturated rings. The molecule has 6 nitrogen and oxygen atoms in total. The summed E-state index contributed by atoms with van der Waals surface area (Å²) in [5, 5.41) is 22.3. The zero-order chi connectivity index (χ0) is 23.5. The second-order valence-corrected chi connectivity index (χ2v) is 9.57. The van der Waals surface area contributed by atoms with Gasteiger partial charge in [0.15, 0.2) is 11.0 Å². The van der Waals surface area contributed by atoms with Crippen LogP contribution in [0.3, 0.4) is 0 Å². The minimum absolute atomic E-state index is 0.0214. The molecule has 2 aromatic carbocycles. The van der Waals surface area contributed by atoms with Crippen molar-refractivity contribution in [3.63, 3.8) is 0 Å². The maximum absolute atomic E-state index is 12.6. The predicted octanol–water partition coefficient (Wildman–Crippen LogP) is 5.35. The largest absolute Gasteiger partial charge is 0.337 e. The topological polar surface area (TPSA) is 83.6 Å². The third kappa shape index (κ3) is 4.98. The molecule has 8 heteroatoms. The lowest BCUT2D eigenvalue weighted by Crippen LogP contribution is -2.49. The summed E-state index contributed by atoms with van der Waals surface area (Å²) < 4.78 is 1.94. The number of nitrogens with one attached hydrogen (secondary N) is 1. The van der Waals surface area contributed by atoms with Crippen LogP contribution in [0.15, 0.2) is 47.6 Å². The number of rotatable bonds is 7. The Balaban J connectivity index is 1.99. The molecular formula is C24H26ClN5OS. The highest BCUT2D eigenvalue weighted by Gasteiger charge is 2.30. The molecule has 0 aliphatic heterocycles. The fourth-order valence-corrected chi connectivity index (χ4v) is 4.08. The van der Waals surface area contributed by atoms with Gasteiger partial charge < -0.3 is 5.32 Å². The van der Waals surface area contributed by atoms with Crippen molar-refractivity contribution in [2.45, 2.75) is 45.3 Å². The number of hydrogen-bond acceptors (Lipinski definition) is 5. The van der Waals surface area contributed by atoms with Gasteiger partial charge in [-0.05, 0) is 56.0 Å². The Morgan fingerprint density at radius 2 is 1.97 bits per heavy atom. The summed E-state index contributed by atoms with van der Waals surface area (Å²) in [5.41, 5.74) is 2.90. The lowest BCUT2D eigenvalue weighted by atomic mass is 9.90. The van der Waals surface area contributed by atoms with E-state index >= 15 is 0 Å². The van der Waals surface area contributed by atoms with E-state index in [-0.39, 0.29) is 17.6 Å². The molecule has 166 valence electrons. The minimum Gasteiger partial charge on any atom is -0.337 e. The normalized spacial score (nSPS) is 12.9. The summed E-state index contributed by atoms with van der Waals surface area (Å²) in [4.78, 5) is 12.6. The van der Waals surface area contributed by atoms with Crippen molar-refractivity contribution in [2.24, 2.45) is 5.92 Å². The average Bonchev–Trinajstić information content (AvgIpc) is 3.17. The molecule has 0 radical (unpaired) electrons. The number of amides is 1. The Kier molecular flexibility index (Phi) is 7.27. The Bertz CT molecular complexity index is 1180. The molecule has 1 heterocycles. The van der Waals surface area contributed by atoms with E-state index in [1.54, 1.807) is 6.92 Å². The van der Waals surface area contributed by atoms with Gasteiger partial charge >= 0.3 is 0 Å². The van der Waals surface area contributed by atoms with Gasteiger partial charge in [0, 0.05) is 5.56 Å². The zero-order valence-corrected chi connectivity index (χ0v) is 20.4. The molecule has 0 unspecified atom stereocenters. The molecule has 3 rings (SSSR count). The first-order valence-corrected chi connectivity index (χ1v) is 11.7. The highest BCUT2D eigenvalue weighted by Crippen LogP contribution is 2.33. The van der Waals surface area contributed by atoms with Crippen LogP contribution in [0, 0.1) is 31.1 Å². The van der Waals surface area contributed by atoms with Gasteiger partial charge in [0.1, 0.15) is 5.54 Å². The standard InChI is InChI=1S/C24H26ClN5OS/c1-15(2)24(5,14-26)27-21(31)13-32-23-29-28-22(18-8-6-7-9-19(18)25)30(23)20-12-16(3)10-11-17(20)4/h6-12,15H,13H2,1-5H3,(H,27,31)/t24-/m1/s1. The number of nitrogens with zero attached hydrogens (tertiary/aromatic N) is 4. The molecular weight excluding hydrogens is 442 g/mol. The van der Waals surface area contributed by atoms with Crippen LogP contribution in [0.4, 0.5) is 0 Å². The maximum atomic E-state index is 12.6. The fraction of sp³-hybridized carbons (Fsp3) is 0.333. The van der Waals surface area contributed by atoms with Gasteiger partial charge in [0.2, 0.25) is 5.91 Å². The molecule has 0 bridgehead atoms. The Morgan fingerprint density at radius 3 is 2.62 bits per heavy atom. The van der Waals surface area contributed by atoms with Crippen LogP contribution < -0.4 is 5.32 Å². The molecule has 0 aliphatic rings. The van der Waals surface area contributed by atoms with Gasteiger partial charge in [0.25, 0.3) is 0 Å². The summed E-state index contributed by atoms with van der Waals surface area (Å²) in [6, 6.07) is 15.8. The van der Waals surface area contributed by atoms with Crippen molar-refractivity contribution in [2.75, 3.05) is 5.75 Å². The van der Waals surface area contributed by atoms with Crippen molar-refractivity contribution in [1.29, 1.82) is 5.26 Å². The van der Waals surface area contributed by atoms with E-state index < -0.39 is 5.54 Å². The van der Waals surface area contributed by atoms with E-state index in [2.05, 4.69) is 27.6 Å². The van der Waals surface area contributed by atoms with Crippen LogP contribution in [-0.4, -0.2) is 32.0 Å². The lowest BCUT2D eigenvalue weighted by molar-refractivity contribution is -0.120. The number of halogens is 1. The smallest absolute Gasteiger partial charge is 0.231 e. The van der Waals surface area contributed by atoms with Crippen molar-refractivity contribution < 1.29 is 4.79 Å². The number of thioether (sulfide) groups is 1. The van der Waals surface area contributed by atoms with Gasteiger partial charge in [-0.3, -0.25) is 9.36 Å². The van der Waals surface area contributed by atoms with Crippen molar-refractivity contribution in [3.05, 3.63) is 58.6 Å². The first kappa shape index (κ1) is 23.8. The van der Waals surface area contributed by atoms with E-state index in [9.17, 15) is 10.1 Å². The zero-order valence-electron chi connectivity index (χ0n) is 18.8. The number of aromatic nitrogens is 3. The highest BCUT2D eigenvalue weighted by atomic mass is 35.5. The van der Waals surface area contributed by atoms with Gasteiger partial charge in [-0.2, -0.15) is 5.26 Å². The van der Waals surface area contributed by atoms with E-state index in [1.165, 1.54) is 11.8 Å². The van der Waals surface area contributed by atoms with Crippen LogP contribution in [-0.2, 0) is 4.79 Å². The van der Waals surface area contributed by atoms with Crippen molar-refractivity contribution in [3.8, 4) is 23.1 Å². The van der Waals surface area contributed by atoms with Gasteiger partial charge in [-0.15, -0.1) is 10.2 Å². The second kappa shape index (κ2) is 9.76. The third-order valence-electron chi connectivity index (χ3n) is 5.47. The molecule has 0 aliphatic carbocycles. The summed E-state index contributed by atoms with van der Waals surface area (Å²) >= 11 is 7.74. The van der Waals surface area contributed by atoms with E-state index in [0.29, 0.717) is 16.0 Å². The molecule has 32 heavy (non-hydrogen) atoms. The molecule has 1 aromatic heterocycles. The summed E-state index contributed by atoms with van der Waals surface area (Å²) in [7, 11) is 0. The van der Waals surface area contributed by atoms with Crippen molar-refractivity contribution >= 4 is 29.3 Å². The molecule has 3 aromatic rings. The number of hydrogen-bond donors (Lipinski definition) is 1.